The zero-order valence-electron chi connectivity index (χ0n) is 16.2. The summed E-state index contributed by atoms with van der Waals surface area (Å²) in [4.78, 5) is 22.2. The smallest absolute Gasteiger partial charge is 0.258 e. The summed E-state index contributed by atoms with van der Waals surface area (Å²) in [6.45, 7) is 8.34. The molecule has 0 saturated carbocycles. The summed E-state index contributed by atoms with van der Waals surface area (Å²) >= 11 is 0. The van der Waals surface area contributed by atoms with Crippen molar-refractivity contribution in [3.8, 4) is 5.75 Å². The van der Waals surface area contributed by atoms with Gasteiger partial charge in [-0.15, -0.1) is 0 Å². The van der Waals surface area contributed by atoms with Gasteiger partial charge in [0.25, 0.3) is 5.56 Å². The number of fused-ring (bicyclic) bond motifs is 1. The molecule has 0 fully saturated rings. The molecule has 0 aliphatic rings. The van der Waals surface area contributed by atoms with Crippen molar-refractivity contribution in [1.29, 1.82) is 0 Å². The lowest BCUT2D eigenvalue weighted by atomic mass is 10.2. The minimum Gasteiger partial charge on any atom is -0.492 e. The Bertz CT molecular complexity index is 951. The number of nitrogens with one attached hydrogen (secondary N) is 1. The molecule has 0 aliphatic heterocycles. The number of benzene rings is 2. The molecule has 5 heteroatoms. The summed E-state index contributed by atoms with van der Waals surface area (Å²) < 4.78 is 5.96. The van der Waals surface area contributed by atoms with E-state index in [1.54, 1.807) is 6.07 Å². The second-order valence-corrected chi connectivity index (χ2v) is 6.87. The van der Waals surface area contributed by atoms with Crippen LogP contribution in [0.15, 0.2) is 53.3 Å². The zero-order valence-corrected chi connectivity index (χ0v) is 16.2. The number of rotatable bonds is 8. The van der Waals surface area contributed by atoms with Gasteiger partial charge in [-0.25, -0.2) is 4.98 Å². The van der Waals surface area contributed by atoms with Crippen LogP contribution in [0.25, 0.3) is 10.9 Å². The lowest BCUT2D eigenvalue weighted by Crippen LogP contribution is -2.36. The van der Waals surface area contributed by atoms with Crippen LogP contribution in [-0.4, -0.2) is 34.1 Å². The van der Waals surface area contributed by atoms with E-state index in [0.29, 0.717) is 30.4 Å². The van der Waals surface area contributed by atoms with Crippen molar-refractivity contribution in [3.05, 3.63) is 70.3 Å². The van der Waals surface area contributed by atoms with E-state index in [4.69, 9.17) is 4.74 Å². The lowest BCUT2D eigenvalue weighted by Gasteiger charge is -2.28. The van der Waals surface area contributed by atoms with Gasteiger partial charge in [0.05, 0.1) is 17.4 Å². The first kappa shape index (κ1) is 19.1. The van der Waals surface area contributed by atoms with Gasteiger partial charge in [-0.3, -0.25) is 9.69 Å². The third kappa shape index (κ3) is 4.74. The molecule has 3 aromatic rings. The Hall–Kier alpha value is -2.66. The molecular formula is C22H27N3O2. The first-order valence-corrected chi connectivity index (χ1v) is 9.49. The Kier molecular flexibility index (Phi) is 6.24. The maximum Gasteiger partial charge on any atom is 0.258 e. The van der Waals surface area contributed by atoms with Gasteiger partial charge in [0, 0.05) is 12.6 Å². The summed E-state index contributed by atoms with van der Waals surface area (Å²) in [5, 5.41) is 0.624. The molecule has 1 unspecified atom stereocenters. The molecule has 0 spiro atoms. The topological polar surface area (TPSA) is 58.2 Å². The summed E-state index contributed by atoms with van der Waals surface area (Å²) in [5.41, 5.74) is 1.78. The van der Waals surface area contributed by atoms with Crippen LogP contribution in [0.1, 0.15) is 31.7 Å². The number of ether oxygens (including phenoxy) is 1. The molecular weight excluding hydrogens is 338 g/mol. The number of aromatic nitrogens is 2. The lowest BCUT2D eigenvalue weighted by molar-refractivity contribution is 0.153. The molecule has 0 amide bonds. The fourth-order valence-corrected chi connectivity index (χ4v) is 3.11. The summed E-state index contributed by atoms with van der Waals surface area (Å²) in [6, 6.07) is 15.8. The molecule has 0 saturated heterocycles. The number of hydrogen-bond acceptors (Lipinski definition) is 4. The summed E-state index contributed by atoms with van der Waals surface area (Å²) in [5.74, 6) is 1.61. The number of nitrogens with zero attached hydrogens (tertiary/aromatic N) is 2. The van der Waals surface area contributed by atoms with Gasteiger partial charge in [0.1, 0.15) is 18.2 Å². The van der Waals surface area contributed by atoms with Crippen molar-refractivity contribution in [1.82, 2.24) is 14.9 Å². The maximum atomic E-state index is 12.3. The highest BCUT2D eigenvalue weighted by molar-refractivity contribution is 5.77. The van der Waals surface area contributed by atoms with Crippen molar-refractivity contribution in [2.24, 2.45) is 0 Å². The molecule has 1 atom stereocenters. The molecule has 0 aliphatic carbocycles. The largest absolute Gasteiger partial charge is 0.492 e. The first-order chi connectivity index (χ1) is 13.1. The monoisotopic (exact) mass is 365 g/mol. The van der Waals surface area contributed by atoms with Gasteiger partial charge in [-0.05, 0) is 44.0 Å². The molecule has 3 rings (SSSR count). The average molecular weight is 365 g/mol. The summed E-state index contributed by atoms with van der Waals surface area (Å²) in [6.07, 6.45) is 1.02. The number of aromatic amines is 1. The highest BCUT2D eigenvalue weighted by Gasteiger charge is 2.15. The van der Waals surface area contributed by atoms with E-state index < -0.39 is 0 Å². The molecule has 0 bridgehead atoms. The predicted octanol–water partition coefficient (Wildman–Crippen LogP) is 3.91. The third-order valence-corrected chi connectivity index (χ3v) is 4.96. The van der Waals surface area contributed by atoms with E-state index >= 15 is 0 Å². The van der Waals surface area contributed by atoms with E-state index in [-0.39, 0.29) is 5.56 Å². The SMILES string of the molecule is CCC(C)N(CCOc1ccccc1C)Cc1nc2ccccc2c(=O)[nH]1. The highest BCUT2D eigenvalue weighted by Crippen LogP contribution is 2.16. The molecule has 2 aromatic carbocycles. The Labute approximate surface area is 160 Å². The minimum atomic E-state index is -0.0872. The third-order valence-electron chi connectivity index (χ3n) is 4.96. The number of aryl methyl sites for hydroxylation is 1. The maximum absolute atomic E-state index is 12.3. The minimum absolute atomic E-state index is 0.0872. The van der Waals surface area contributed by atoms with Crippen LogP contribution in [-0.2, 0) is 6.54 Å². The Morgan fingerprint density at radius 2 is 1.89 bits per heavy atom. The van der Waals surface area contributed by atoms with E-state index in [1.807, 2.05) is 49.4 Å². The highest BCUT2D eigenvalue weighted by atomic mass is 16.5. The van der Waals surface area contributed by atoms with Crippen LogP contribution >= 0.6 is 0 Å². The first-order valence-electron chi connectivity index (χ1n) is 9.49. The Balaban J connectivity index is 1.72. The predicted molar refractivity (Wildman–Crippen MR) is 109 cm³/mol. The Morgan fingerprint density at radius 1 is 1.15 bits per heavy atom. The molecule has 27 heavy (non-hydrogen) atoms. The van der Waals surface area contributed by atoms with Crippen LogP contribution in [0, 0.1) is 6.92 Å². The van der Waals surface area contributed by atoms with Gasteiger partial charge in [0.2, 0.25) is 0 Å². The quantitative estimate of drug-likeness (QED) is 0.657. The van der Waals surface area contributed by atoms with Crippen LogP contribution in [0.3, 0.4) is 0 Å². The normalized spacial score (nSPS) is 12.4. The van der Waals surface area contributed by atoms with Crippen molar-refractivity contribution in [3.63, 3.8) is 0 Å². The fraction of sp³-hybridized carbons (Fsp3) is 0.364. The van der Waals surface area contributed by atoms with Crippen molar-refractivity contribution in [2.45, 2.75) is 39.8 Å². The number of H-pyrrole nitrogens is 1. The molecule has 142 valence electrons. The fourth-order valence-electron chi connectivity index (χ4n) is 3.11. The van der Waals surface area contributed by atoms with E-state index in [9.17, 15) is 4.79 Å². The van der Waals surface area contributed by atoms with E-state index in [0.717, 1.165) is 29.8 Å². The molecule has 1 aromatic heterocycles. The molecule has 0 radical (unpaired) electrons. The average Bonchev–Trinajstić information content (AvgIpc) is 2.68. The van der Waals surface area contributed by atoms with E-state index in [1.165, 1.54) is 0 Å². The van der Waals surface area contributed by atoms with Crippen molar-refractivity contribution < 1.29 is 4.74 Å². The van der Waals surface area contributed by atoms with Crippen LogP contribution in [0.5, 0.6) is 5.75 Å². The van der Waals surface area contributed by atoms with Crippen LogP contribution in [0.2, 0.25) is 0 Å². The Morgan fingerprint density at radius 3 is 2.67 bits per heavy atom. The van der Waals surface area contributed by atoms with Gasteiger partial charge < -0.3 is 9.72 Å². The standard InChI is InChI=1S/C22H27N3O2/c1-4-17(3)25(13-14-27-20-12-8-5-9-16(20)2)15-21-23-19-11-7-6-10-18(19)22(26)24-21/h5-12,17H,4,13-15H2,1-3H3,(H,23,24,26). The van der Waals surface area contributed by atoms with Crippen molar-refractivity contribution in [2.75, 3.05) is 13.2 Å². The zero-order chi connectivity index (χ0) is 19.2. The molecule has 5 nitrogen and oxygen atoms in total. The van der Waals surface area contributed by atoms with Gasteiger partial charge in [-0.1, -0.05) is 37.3 Å². The van der Waals surface area contributed by atoms with Gasteiger partial charge in [0.15, 0.2) is 0 Å². The van der Waals surface area contributed by atoms with Gasteiger partial charge in [-0.2, -0.15) is 0 Å². The second kappa shape index (κ2) is 8.82. The van der Waals surface area contributed by atoms with Gasteiger partial charge >= 0.3 is 0 Å². The van der Waals surface area contributed by atoms with Crippen LogP contribution < -0.4 is 10.3 Å². The van der Waals surface area contributed by atoms with Crippen molar-refractivity contribution >= 4 is 10.9 Å². The second-order valence-electron chi connectivity index (χ2n) is 6.87. The van der Waals surface area contributed by atoms with Crippen LogP contribution in [0.4, 0.5) is 0 Å². The molecule has 1 heterocycles. The summed E-state index contributed by atoms with van der Waals surface area (Å²) in [7, 11) is 0. The number of hydrogen-bond donors (Lipinski definition) is 1. The van der Waals surface area contributed by atoms with E-state index in [2.05, 4.69) is 28.7 Å². The number of para-hydroxylation sites is 2. The molecule has 1 N–H and O–H groups in total.